The minimum atomic E-state index is -0.0170. The van der Waals surface area contributed by atoms with Gasteiger partial charge in [0.25, 0.3) is 0 Å². The van der Waals surface area contributed by atoms with E-state index >= 15 is 0 Å². The highest BCUT2D eigenvalue weighted by Crippen LogP contribution is 2.28. The van der Waals surface area contributed by atoms with Crippen molar-refractivity contribution in [2.45, 2.75) is 71.5 Å². The molecule has 2 nitrogen and oxygen atoms in total. The Bertz CT molecular complexity index is 191. The van der Waals surface area contributed by atoms with Crippen LogP contribution < -0.4 is 5.32 Å². The Morgan fingerprint density at radius 3 is 2.69 bits per heavy atom. The van der Waals surface area contributed by atoms with E-state index in [0.29, 0.717) is 6.10 Å². The van der Waals surface area contributed by atoms with Gasteiger partial charge in [0.05, 0.1) is 11.7 Å². The highest BCUT2D eigenvalue weighted by atomic mass is 16.5. The van der Waals surface area contributed by atoms with Gasteiger partial charge in [0.1, 0.15) is 0 Å². The summed E-state index contributed by atoms with van der Waals surface area (Å²) in [6.45, 7) is 11.0. The lowest BCUT2D eigenvalue weighted by Crippen LogP contribution is -2.41. The van der Waals surface area contributed by atoms with Crippen molar-refractivity contribution in [3.8, 4) is 0 Å². The lowest BCUT2D eigenvalue weighted by atomic mass is 9.88. The van der Waals surface area contributed by atoms with Gasteiger partial charge in [-0.05, 0) is 45.6 Å². The van der Waals surface area contributed by atoms with Crippen LogP contribution in [0, 0.1) is 5.92 Å². The molecule has 0 aromatic heterocycles. The molecule has 1 rings (SSSR count). The molecule has 0 aromatic rings. The van der Waals surface area contributed by atoms with E-state index in [-0.39, 0.29) is 5.60 Å². The Labute approximate surface area is 101 Å². The van der Waals surface area contributed by atoms with Gasteiger partial charge < -0.3 is 10.1 Å². The summed E-state index contributed by atoms with van der Waals surface area (Å²) in [4.78, 5) is 0. The van der Waals surface area contributed by atoms with E-state index in [1.54, 1.807) is 0 Å². The van der Waals surface area contributed by atoms with E-state index in [4.69, 9.17) is 4.74 Å². The monoisotopic (exact) mass is 227 g/mol. The molecule has 1 N–H and O–H groups in total. The van der Waals surface area contributed by atoms with E-state index < -0.39 is 0 Å². The van der Waals surface area contributed by atoms with Gasteiger partial charge in [-0.1, -0.05) is 26.7 Å². The van der Waals surface area contributed by atoms with E-state index in [0.717, 1.165) is 19.0 Å². The second kappa shape index (κ2) is 6.61. The minimum absolute atomic E-state index is 0.0170. The number of nitrogens with one attached hydrogen (secondary N) is 1. The Hall–Kier alpha value is -0.0800. The van der Waals surface area contributed by atoms with Crippen LogP contribution in [0.3, 0.4) is 0 Å². The molecule has 96 valence electrons. The molecule has 1 saturated carbocycles. The predicted molar refractivity (Wildman–Crippen MR) is 69.7 cm³/mol. The van der Waals surface area contributed by atoms with Gasteiger partial charge in [-0.15, -0.1) is 0 Å². The van der Waals surface area contributed by atoms with Crippen LogP contribution in [0.15, 0.2) is 0 Å². The number of hydrogen-bond acceptors (Lipinski definition) is 2. The lowest BCUT2D eigenvalue weighted by Gasteiger charge is -2.35. The van der Waals surface area contributed by atoms with Crippen molar-refractivity contribution >= 4 is 0 Å². The zero-order valence-electron chi connectivity index (χ0n) is 11.5. The first-order valence-corrected chi connectivity index (χ1v) is 6.92. The van der Waals surface area contributed by atoms with Crippen molar-refractivity contribution in [1.29, 1.82) is 0 Å². The van der Waals surface area contributed by atoms with Crippen LogP contribution in [0.2, 0.25) is 0 Å². The molecule has 0 spiro atoms. The zero-order valence-corrected chi connectivity index (χ0v) is 11.5. The second-order valence-electron chi connectivity index (χ2n) is 5.95. The molecule has 0 amide bonds. The molecular formula is C14H29NO. The van der Waals surface area contributed by atoms with Crippen LogP contribution in [-0.4, -0.2) is 24.8 Å². The summed E-state index contributed by atoms with van der Waals surface area (Å²) in [7, 11) is 0. The number of ether oxygens (including phenoxy) is 1. The molecule has 0 bridgehead atoms. The second-order valence-corrected chi connectivity index (χ2v) is 5.95. The summed E-state index contributed by atoms with van der Waals surface area (Å²) >= 11 is 0. The fraction of sp³-hybridized carbons (Fsp3) is 1.00. The first-order valence-electron chi connectivity index (χ1n) is 6.92. The average Bonchev–Trinajstić information content (AvgIpc) is 2.17. The quantitative estimate of drug-likeness (QED) is 0.703. The van der Waals surface area contributed by atoms with Gasteiger partial charge in [0, 0.05) is 6.54 Å². The molecule has 0 aliphatic heterocycles. The average molecular weight is 227 g/mol. The smallest absolute Gasteiger partial charge is 0.0754 e. The third kappa shape index (κ3) is 5.31. The Kier molecular flexibility index (Phi) is 5.77. The highest BCUT2D eigenvalue weighted by molar-refractivity contribution is 4.78. The van der Waals surface area contributed by atoms with E-state index in [1.165, 1.54) is 32.1 Å². The standard InChI is InChI=1S/C14H29NO/c1-5-9-15-11-14(3,4)16-13-8-6-7-12(2)10-13/h12-13,15H,5-11H2,1-4H3. The highest BCUT2D eigenvalue weighted by Gasteiger charge is 2.26. The Morgan fingerprint density at radius 2 is 2.06 bits per heavy atom. The summed E-state index contributed by atoms with van der Waals surface area (Å²) in [5, 5.41) is 3.45. The first kappa shape index (κ1) is 14.0. The van der Waals surface area contributed by atoms with Crippen LogP contribution in [0.4, 0.5) is 0 Å². The fourth-order valence-electron chi connectivity index (χ4n) is 2.54. The topological polar surface area (TPSA) is 21.3 Å². The van der Waals surface area contributed by atoms with Crippen LogP contribution in [0.25, 0.3) is 0 Å². The van der Waals surface area contributed by atoms with Crippen molar-refractivity contribution in [3.05, 3.63) is 0 Å². The summed E-state index contributed by atoms with van der Waals surface area (Å²) in [5.41, 5.74) is -0.0170. The van der Waals surface area contributed by atoms with Gasteiger partial charge in [-0.3, -0.25) is 0 Å². The van der Waals surface area contributed by atoms with E-state index in [2.05, 4.69) is 33.0 Å². The number of hydrogen-bond donors (Lipinski definition) is 1. The molecule has 0 heterocycles. The Morgan fingerprint density at radius 1 is 1.31 bits per heavy atom. The predicted octanol–water partition coefficient (Wildman–Crippen LogP) is 3.36. The van der Waals surface area contributed by atoms with Crippen molar-refractivity contribution in [3.63, 3.8) is 0 Å². The number of rotatable bonds is 6. The molecule has 16 heavy (non-hydrogen) atoms. The molecule has 0 saturated heterocycles. The maximum absolute atomic E-state index is 6.23. The van der Waals surface area contributed by atoms with Gasteiger partial charge >= 0.3 is 0 Å². The first-order chi connectivity index (χ1) is 7.53. The maximum atomic E-state index is 6.23. The molecule has 2 unspecified atom stereocenters. The van der Waals surface area contributed by atoms with Crippen molar-refractivity contribution in [1.82, 2.24) is 5.32 Å². The fourth-order valence-corrected chi connectivity index (χ4v) is 2.54. The van der Waals surface area contributed by atoms with Crippen molar-refractivity contribution < 1.29 is 4.74 Å². The van der Waals surface area contributed by atoms with Crippen molar-refractivity contribution in [2.24, 2.45) is 5.92 Å². The molecule has 1 aliphatic carbocycles. The van der Waals surface area contributed by atoms with Crippen LogP contribution >= 0.6 is 0 Å². The largest absolute Gasteiger partial charge is 0.371 e. The molecule has 1 fully saturated rings. The van der Waals surface area contributed by atoms with E-state index in [1.807, 2.05) is 0 Å². The van der Waals surface area contributed by atoms with Gasteiger partial charge in [0.2, 0.25) is 0 Å². The molecule has 1 aliphatic rings. The molecule has 2 heteroatoms. The Balaban J connectivity index is 2.27. The van der Waals surface area contributed by atoms with Crippen LogP contribution in [-0.2, 0) is 4.74 Å². The third-order valence-electron chi connectivity index (χ3n) is 3.35. The molecule has 2 atom stereocenters. The van der Waals surface area contributed by atoms with Gasteiger partial charge in [-0.2, -0.15) is 0 Å². The van der Waals surface area contributed by atoms with Crippen LogP contribution in [0.5, 0.6) is 0 Å². The van der Waals surface area contributed by atoms with Crippen molar-refractivity contribution in [2.75, 3.05) is 13.1 Å². The normalized spacial score (nSPS) is 27.0. The summed E-state index contributed by atoms with van der Waals surface area (Å²) in [5.74, 6) is 0.846. The lowest BCUT2D eigenvalue weighted by molar-refractivity contribution is -0.0888. The summed E-state index contributed by atoms with van der Waals surface area (Å²) < 4.78 is 6.23. The summed E-state index contributed by atoms with van der Waals surface area (Å²) in [6.07, 6.45) is 6.90. The third-order valence-corrected chi connectivity index (χ3v) is 3.35. The SMILES string of the molecule is CCCNCC(C)(C)OC1CCCC(C)C1. The molecular weight excluding hydrogens is 198 g/mol. The van der Waals surface area contributed by atoms with E-state index in [9.17, 15) is 0 Å². The molecule has 0 radical (unpaired) electrons. The maximum Gasteiger partial charge on any atom is 0.0754 e. The van der Waals surface area contributed by atoms with Gasteiger partial charge in [0.15, 0.2) is 0 Å². The van der Waals surface area contributed by atoms with Gasteiger partial charge in [-0.25, -0.2) is 0 Å². The molecule has 0 aromatic carbocycles. The van der Waals surface area contributed by atoms with Crippen LogP contribution in [0.1, 0.15) is 59.8 Å². The zero-order chi connectivity index (χ0) is 12.0. The summed E-state index contributed by atoms with van der Waals surface area (Å²) in [6, 6.07) is 0. The minimum Gasteiger partial charge on any atom is -0.371 e.